The fourth-order valence-electron chi connectivity index (χ4n) is 3.20. The maximum Gasteiger partial charge on any atom is 0.253 e. The molecule has 1 aliphatic heterocycles. The van der Waals surface area contributed by atoms with Crippen LogP contribution >= 0.6 is 11.6 Å². The number of carbonyl (C=O) groups excluding carboxylic acids is 2. The third kappa shape index (κ3) is 4.90. The SMILES string of the molecule is COc1cc(/C=C/C(=O)N2CCN(C(=O)c3ccccc3)CC2)cc(Cl)c1OC. The van der Waals surface area contributed by atoms with Gasteiger partial charge >= 0.3 is 0 Å². The smallest absolute Gasteiger partial charge is 0.253 e. The fourth-order valence-corrected chi connectivity index (χ4v) is 3.50. The van der Waals surface area contributed by atoms with Gasteiger partial charge in [-0.15, -0.1) is 0 Å². The van der Waals surface area contributed by atoms with Crippen LogP contribution in [-0.2, 0) is 4.79 Å². The second kappa shape index (κ2) is 9.47. The van der Waals surface area contributed by atoms with Crippen LogP contribution in [0.2, 0.25) is 5.02 Å². The Hall–Kier alpha value is -2.99. The maximum absolute atomic E-state index is 12.5. The van der Waals surface area contributed by atoms with Crippen molar-refractivity contribution in [1.82, 2.24) is 9.80 Å². The molecule has 0 spiro atoms. The lowest BCUT2D eigenvalue weighted by atomic mass is 10.1. The molecule has 1 heterocycles. The predicted octanol–water partition coefficient (Wildman–Crippen LogP) is 3.36. The maximum atomic E-state index is 12.5. The van der Waals surface area contributed by atoms with Crippen LogP contribution in [0.4, 0.5) is 0 Å². The lowest BCUT2D eigenvalue weighted by Gasteiger charge is -2.34. The molecule has 0 saturated carbocycles. The number of hydrogen-bond acceptors (Lipinski definition) is 4. The van der Waals surface area contributed by atoms with Crippen molar-refractivity contribution in [1.29, 1.82) is 0 Å². The number of rotatable bonds is 5. The Morgan fingerprint density at radius 3 is 2.24 bits per heavy atom. The van der Waals surface area contributed by atoms with Gasteiger partial charge in [-0.25, -0.2) is 0 Å². The molecule has 0 radical (unpaired) electrons. The minimum Gasteiger partial charge on any atom is -0.493 e. The standard InChI is InChI=1S/C22H23ClN2O4/c1-28-19-15-16(14-18(23)21(19)29-2)8-9-20(26)24-10-12-25(13-11-24)22(27)17-6-4-3-5-7-17/h3-9,14-15H,10-13H2,1-2H3/b9-8+. The summed E-state index contributed by atoms with van der Waals surface area (Å²) in [4.78, 5) is 28.5. The van der Waals surface area contributed by atoms with E-state index in [4.69, 9.17) is 21.1 Å². The molecule has 0 N–H and O–H groups in total. The third-order valence-corrected chi connectivity index (χ3v) is 5.05. The first-order valence-corrected chi connectivity index (χ1v) is 9.64. The summed E-state index contributed by atoms with van der Waals surface area (Å²) >= 11 is 6.20. The minimum atomic E-state index is -0.109. The molecule has 0 aromatic heterocycles. The van der Waals surface area contributed by atoms with Crippen molar-refractivity contribution in [3.63, 3.8) is 0 Å². The normalized spacial score (nSPS) is 14.2. The van der Waals surface area contributed by atoms with Gasteiger partial charge in [0.05, 0.1) is 19.2 Å². The number of carbonyl (C=O) groups is 2. The topological polar surface area (TPSA) is 59.1 Å². The van der Waals surface area contributed by atoms with Gasteiger partial charge in [-0.05, 0) is 35.9 Å². The number of benzene rings is 2. The second-order valence-corrected chi connectivity index (χ2v) is 6.96. The molecule has 3 rings (SSSR count). The van der Waals surface area contributed by atoms with Crippen molar-refractivity contribution in [3.05, 3.63) is 64.7 Å². The van der Waals surface area contributed by atoms with Crippen LogP contribution < -0.4 is 9.47 Å². The van der Waals surface area contributed by atoms with E-state index in [1.165, 1.54) is 20.3 Å². The molecule has 152 valence electrons. The Balaban J connectivity index is 1.60. The van der Waals surface area contributed by atoms with E-state index in [1.807, 2.05) is 18.2 Å². The molecule has 1 saturated heterocycles. The first-order valence-electron chi connectivity index (χ1n) is 9.26. The molecule has 0 atom stereocenters. The lowest BCUT2D eigenvalue weighted by Crippen LogP contribution is -2.50. The molecule has 1 fully saturated rings. The lowest BCUT2D eigenvalue weighted by molar-refractivity contribution is -0.127. The first kappa shape index (κ1) is 20.7. The quantitative estimate of drug-likeness (QED) is 0.704. The predicted molar refractivity (Wildman–Crippen MR) is 113 cm³/mol. The van der Waals surface area contributed by atoms with Gasteiger partial charge in [0.15, 0.2) is 11.5 Å². The van der Waals surface area contributed by atoms with Crippen LogP contribution in [0.25, 0.3) is 6.08 Å². The van der Waals surface area contributed by atoms with E-state index in [9.17, 15) is 9.59 Å². The fraction of sp³-hybridized carbons (Fsp3) is 0.273. The largest absolute Gasteiger partial charge is 0.493 e. The van der Waals surface area contributed by atoms with Crippen molar-refractivity contribution in [3.8, 4) is 11.5 Å². The third-order valence-electron chi connectivity index (χ3n) is 4.77. The summed E-state index contributed by atoms with van der Waals surface area (Å²) < 4.78 is 10.5. The van der Waals surface area contributed by atoms with Crippen LogP contribution in [0.5, 0.6) is 11.5 Å². The summed E-state index contributed by atoms with van der Waals surface area (Å²) in [6, 6.07) is 12.6. The number of methoxy groups -OCH3 is 2. The molecule has 7 heteroatoms. The van der Waals surface area contributed by atoms with Crippen molar-refractivity contribution < 1.29 is 19.1 Å². The number of amides is 2. The average Bonchev–Trinajstić information content (AvgIpc) is 2.77. The summed E-state index contributed by atoms with van der Waals surface area (Å²) in [6.07, 6.45) is 3.20. The van der Waals surface area contributed by atoms with Crippen molar-refractivity contribution >= 4 is 29.5 Å². The van der Waals surface area contributed by atoms with Crippen molar-refractivity contribution in [2.24, 2.45) is 0 Å². The number of piperazine rings is 1. The Bertz CT molecular complexity index is 907. The van der Waals surface area contributed by atoms with E-state index in [1.54, 1.807) is 40.1 Å². The molecule has 0 aliphatic carbocycles. The van der Waals surface area contributed by atoms with E-state index >= 15 is 0 Å². The zero-order valence-electron chi connectivity index (χ0n) is 16.4. The summed E-state index contributed by atoms with van der Waals surface area (Å²) in [6.45, 7) is 2.01. The summed E-state index contributed by atoms with van der Waals surface area (Å²) in [7, 11) is 3.05. The van der Waals surface area contributed by atoms with Crippen LogP contribution in [-0.4, -0.2) is 62.0 Å². The van der Waals surface area contributed by atoms with E-state index in [0.29, 0.717) is 48.3 Å². The molecule has 29 heavy (non-hydrogen) atoms. The highest BCUT2D eigenvalue weighted by Gasteiger charge is 2.23. The highest BCUT2D eigenvalue weighted by Crippen LogP contribution is 2.36. The minimum absolute atomic E-state index is 0.00629. The number of nitrogens with zero attached hydrogens (tertiary/aromatic N) is 2. The molecule has 1 aliphatic rings. The van der Waals surface area contributed by atoms with Crippen LogP contribution in [0.15, 0.2) is 48.5 Å². The summed E-state index contributed by atoms with van der Waals surface area (Å²) in [5.74, 6) is 0.841. The molecule has 2 amide bonds. The second-order valence-electron chi connectivity index (χ2n) is 6.56. The summed E-state index contributed by atoms with van der Waals surface area (Å²) in [5, 5.41) is 0.409. The number of halogens is 1. The average molecular weight is 415 g/mol. The van der Waals surface area contributed by atoms with Crippen LogP contribution in [0, 0.1) is 0 Å². The Kier molecular flexibility index (Phi) is 6.77. The van der Waals surface area contributed by atoms with Gasteiger partial charge in [-0.1, -0.05) is 29.8 Å². The summed E-state index contributed by atoms with van der Waals surface area (Å²) in [5.41, 5.74) is 1.40. The molecule has 0 bridgehead atoms. The molecular formula is C22H23ClN2O4. The van der Waals surface area contributed by atoms with Crippen LogP contribution in [0.3, 0.4) is 0 Å². The van der Waals surface area contributed by atoms with E-state index in [-0.39, 0.29) is 11.8 Å². The highest BCUT2D eigenvalue weighted by atomic mass is 35.5. The van der Waals surface area contributed by atoms with Gasteiger partial charge in [0.25, 0.3) is 5.91 Å². The van der Waals surface area contributed by atoms with Gasteiger partial charge < -0.3 is 19.3 Å². The van der Waals surface area contributed by atoms with E-state index < -0.39 is 0 Å². The Morgan fingerprint density at radius 1 is 0.966 bits per heavy atom. The zero-order valence-corrected chi connectivity index (χ0v) is 17.2. The molecule has 2 aromatic rings. The monoisotopic (exact) mass is 414 g/mol. The molecular weight excluding hydrogens is 392 g/mol. The zero-order chi connectivity index (χ0) is 20.8. The van der Waals surface area contributed by atoms with E-state index in [0.717, 1.165) is 5.56 Å². The Morgan fingerprint density at radius 2 is 1.62 bits per heavy atom. The van der Waals surface area contributed by atoms with Gasteiger partial charge in [0, 0.05) is 37.8 Å². The van der Waals surface area contributed by atoms with E-state index in [2.05, 4.69) is 0 Å². The molecule has 0 unspecified atom stereocenters. The molecule has 6 nitrogen and oxygen atoms in total. The number of hydrogen-bond donors (Lipinski definition) is 0. The van der Waals surface area contributed by atoms with Crippen LogP contribution in [0.1, 0.15) is 15.9 Å². The highest BCUT2D eigenvalue weighted by molar-refractivity contribution is 6.32. The van der Waals surface area contributed by atoms with Crippen molar-refractivity contribution in [2.45, 2.75) is 0 Å². The van der Waals surface area contributed by atoms with Gasteiger partial charge in [-0.2, -0.15) is 0 Å². The number of ether oxygens (including phenoxy) is 2. The first-order chi connectivity index (χ1) is 14.0. The molecule has 2 aromatic carbocycles. The van der Waals surface area contributed by atoms with Gasteiger partial charge in [0.2, 0.25) is 5.91 Å². The Labute approximate surface area is 175 Å². The van der Waals surface area contributed by atoms with Crippen molar-refractivity contribution in [2.75, 3.05) is 40.4 Å². The van der Waals surface area contributed by atoms with Gasteiger partial charge in [0.1, 0.15) is 0 Å². The van der Waals surface area contributed by atoms with Gasteiger partial charge in [-0.3, -0.25) is 9.59 Å².